The van der Waals surface area contributed by atoms with Gasteiger partial charge in [0.2, 0.25) is 0 Å². The van der Waals surface area contributed by atoms with Gasteiger partial charge in [-0.05, 0) is 30.7 Å². The first kappa shape index (κ1) is 11.5. The molecular formula is C12H11Cl2NO. The largest absolute Gasteiger partial charge is 0.469 e. The van der Waals surface area contributed by atoms with E-state index in [2.05, 4.69) is 0 Å². The van der Waals surface area contributed by atoms with Gasteiger partial charge in [-0.25, -0.2) is 0 Å². The van der Waals surface area contributed by atoms with E-state index >= 15 is 0 Å². The highest BCUT2D eigenvalue weighted by atomic mass is 35.5. The van der Waals surface area contributed by atoms with Gasteiger partial charge >= 0.3 is 0 Å². The standard InChI is InChI=1S/C12H11Cl2NO/c1-7-4-9(6-16-7)12(15)8-2-3-10(13)11(14)5-8/h2-6,12H,15H2,1H3. The van der Waals surface area contributed by atoms with Gasteiger partial charge in [0.15, 0.2) is 0 Å². The van der Waals surface area contributed by atoms with E-state index in [9.17, 15) is 0 Å². The molecule has 2 nitrogen and oxygen atoms in total. The zero-order chi connectivity index (χ0) is 11.7. The molecule has 16 heavy (non-hydrogen) atoms. The number of halogens is 2. The van der Waals surface area contributed by atoms with Gasteiger partial charge in [-0.3, -0.25) is 0 Å². The van der Waals surface area contributed by atoms with Crippen LogP contribution in [0.2, 0.25) is 10.0 Å². The van der Waals surface area contributed by atoms with Crippen molar-refractivity contribution in [1.82, 2.24) is 0 Å². The monoisotopic (exact) mass is 255 g/mol. The normalized spacial score (nSPS) is 12.8. The zero-order valence-electron chi connectivity index (χ0n) is 8.71. The minimum absolute atomic E-state index is 0.243. The molecule has 84 valence electrons. The van der Waals surface area contributed by atoms with Crippen molar-refractivity contribution in [1.29, 1.82) is 0 Å². The molecule has 2 aromatic rings. The number of rotatable bonds is 2. The van der Waals surface area contributed by atoms with E-state index < -0.39 is 0 Å². The summed E-state index contributed by atoms with van der Waals surface area (Å²) in [5, 5.41) is 1.04. The van der Waals surface area contributed by atoms with E-state index in [0.29, 0.717) is 10.0 Å². The van der Waals surface area contributed by atoms with Gasteiger partial charge in [0.1, 0.15) is 5.76 Å². The Morgan fingerprint density at radius 1 is 1.12 bits per heavy atom. The van der Waals surface area contributed by atoms with Crippen molar-refractivity contribution in [2.75, 3.05) is 0 Å². The molecule has 0 fully saturated rings. The first-order valence-electron chi connectivity index (χ1n) is 4.83. The lowest BCUT2D eigenvalue weighted by Crippen LogP contribution is -2.10. The Kier molecular flexibility index (Phi) is 3.24. The summed E-state index contributed by atoms with van der Waals surface area (Å²) in [7, 11) is 0. The highest BCUT2D eigenvalue weighted by Crippen LogP contribution is 2.28. The van der Waals surface area contributed by atoms with Gasteiger partial charge in [0, 0.05) is 5.56 Å². The number of hydrogen-bond acceptors (Lipinski definition) is 2. The van der Waals surface area contributed by atoms with Crippen LogP contribution in [0.25, 0.3) is 0 Å². The minimum atomic E-state index is -0.243. The van der Waals surface area contributed by atoms with Gasteiger partial charge in [-0.2, -0.15) is 0 Å². The van der Waals surface area contributed by atoms with Gasteiger partial charge in [0.25, 0.3) is 0 Å². The molecule has 0 radical (unpaired) electrons. The Hall–Kier alpha value is -0.960. The predicted molar refractivity (Wildman–Crippen MR) is 65.9 cm³/mol. The van der Waals surface area contributed by atoms with Crippen LogP contribution in [-0.2, 0) is 0 Å². The van der Waals surface area contributed by atoms with E-state index in [1.807, 2.05) is 19.1 Å². The molecule has 1 aromatic carbocycles. The minimum Gasteiger partial charge on any atom is -0.469 e. The maximum Gasteiger partial charge on any atom is 0.101 e. The van der Waals surface area contributed by atoms with Crippen LogP contribution in [0.5, 0.6) is 0 Å². The van der Waals surface area contributed by atoms with Crippen LogP contribution in [-0.4, -0.2) is 0 Å². The average Bonchev–Trinajstić information content (AvgIpc) is 2.68. The quantitative estimate of drug-likeness (QED) is 0.883. The second kappa shape index (κ2) is 4.50. The second-order valence-corrected chi connectivity index (χ2v) is 4.46. The third-order valence-electron chi connectivity index (χ3n) is 2.41. The molecule has 1 unspecified atom stereocenters. The number of hydrogen-bond donors (Lipinski definition) is 1. The molecule has 1 heterocycles. The van der Waals surface area contributed by atoms with Crippen LogP contribution in [0.3, 0.4) is 0 Å². The molecule has 0 aliphatic carbocycles. The Morgan fingerprint density at radius 2 is 1.88 bits per heavy atom. The topological polar surface area (TPSA) is 39.2 Å². The van der Waals surface area contributed by atoms with Gasteiger partial charge in [-0.15, -0.1) is 0 Å². The third-order valence-corrected chi connectivity index (χ3v) is 3.15. The molecule has 0 spiro atoms. The molecule has 4 heteroatoms. The van der Waals surface area contributed by atoms with Crippen molar-refractivity contribution in [3.05, 3.63) is 57.5 Å². The molecule has 0 saturated heterocycles. The third kappa shape index (κ3) is 2.24. The van der Waals surface area contributed by atoms with Crippen molar-refractivity contribution in [3.63, 3.8) is 0 Å². The van der Waals surface area contributed by atoms with E-state index in [4.69, 9.17) is 33.4 Å². The summed E-state index contributed by atoms with van der Waals surface area (Å²) in [5.41, 5.74) is 7.93. The number of benzene rings is 1. The fourth-order valence-corrected chi connectivity index (χ4v) is 1.83. The van der Waals surface area contributed by atoms with Crippen LogP contribution in [0.15, 0.2) is 34.9 Å². The second-order valence-electron chi connectivity index (χ2n) is 3.64. The van der Waals surface area contributed by atoms with E-state index in [-0.39, 0.29) is 6.04 Å². The Labute approximate surface area is 104 Å². The predicted octanol–water partition coefficient (Wildman–Crippen LogP) is 3.94. The van der Waals surface area contributed by atoms with Gasteiger partial charge in [0.05, 0.1) is 22.4 Å². The van der Waals surface area contributed by atoms with Crippen LogP contribution < -0.4 is 5.73 Å². The van der Waals surface area contributed by atoms with Crippen molar-refractivity contribution in [3.8, 4) is 0 Å². The highest BCUT2D eigenvalue weighted by molar-refractivity contribution is 6.42. The molecule has 1 atom stereocenters. The summed E-state index contributed by atoms with van der Waals surface area (Å²) in [6.07, 6.45) is 1.66. The van der Waals surface area contributed by atoms with E-state index in [1.54, 1.807) is 18.4 Å². The van der Waals surface area contributed by atoms with Crippen molar-refractivity contribution in [2.45, 2.75) is 13.0 Å². The van der Waals surface area contributed by atoms with Crippen molar-refractivity contribution >= 4 is 23.2 Å². The maximum absolute atomic E-state index is 6.09. The Morgan fingerprint density at radius 3 is 2.44 bits per heavy atom. The Bertz CT molecular complexity index is 507. The molecule has 0 aliphatic heterocycles. The molecule has 2 rings (SSSR count). The number of furan rings is 1. The lowest BCUT2D eigenvalue weighted by atomic mass is 10.0. The van der Waals surface area contributed by atoms with Gasteiger partial charge < -0.3 is 10.2 Å². The molecule has 0 saturated carbocycles. The molecule has 0 bridgehead atoms. The Balaban J connectivity index is 2.33. The fraction of sp³-hybridized carbons (Fsp3) is 0.167. The molecular weight excluding hydrogens is 245 g/mol. The van der Waals surface area contributed by atoms with Crippen LogP contribution in [0.1, 0.15) is 22.9 Å². The zero-order valence-corrected chi connectivity index (χ0v) is 10.2. The molecule has 0 amide bonds. The summed E-state index contributed by atoms with van der Waals surface area (Å²) in [5.74, 6) is 0.838. The summed E-state index contributed by atoms with van der Waals surface area (Å²) in [6.45, 7) is 1.88. The molecule has 0 aliphatic rings. The average molecular weight is 256 g/mol. The fourth-order valence-electron chi connectivity index (χ4n) is 1.53. The maximum atomic E-state index is 6.09. The lowest BCUT2D eigenvalue weighted by Gasteiger charge is -2.10. The lowest BCUT2D eigenvalue weighted by molar-refractivity contribution is 0.530. The smallest absolute Gasteiger partial charge is 0.101 e. The van der Waals surface area contributed by atoms with Crippen molar-refractivity contribution < 1.29 is 4.42 Å². The number of nitrogens with two attached hydrogens (primary N) is 1. The summed E-state index contributed by atoms with van der Waals surface area (Å²) < 4.78 is 5.22. The van der Waals surface area contributed by atoms with Crippen molar-refractivity contribution in [2.24, 2.45) is 5.73 Å². The number of aryl methyl sites for hydroxylation is 1. The summed E-state index contributed by atoms with van der Waals surface area (Å²) in [6, 6.07) is 7.05. The van der Waals surface area contributed by atoms with E-state index in [1.165, 1.54) is 0 Å². The molecule has 2 N–H and O–H groups in total. The van der Waals surface area contributed by atoms with Crippen LogP contribution in [0.4, 0.5) is 0 Å². The van der Waals surface area contributed by atoms with Crippen LogP contribution in [0, 0.1) is 6.92 Å². The SMILES string of the molecule is Cc1cc(C(N)c2ccc(Cl)c(Cl)c2)co1. The van der Waals surface area contributed by atoms with Crippen LogP contribution >= 0.6 is 23.2 Å². The first-order valence-corrected chi connectivity index (χ1v) is 5.59. The highest BCUT2D eigenvalue weighted by Gasteiger charge is 2.12. The van der Waals surface area contributed by atoms with Gasteiger partial charge in [-0.1, -0.05) is 29.3 Å². The summed E-state index contributed by atoms with van der Waals surface area (Å²) >= 11 is 11.8. The molecule has 1 aromatic heterocycles. The summed E-state index contributed by atoms with van der Waals surface area (Å²) in [4.78, 5) is 0. The van der Waals surface area contributed by atoms with E-state index in [0.717, 1.165) is 16.9 Å². The first-order chi connectivity index (χ1) is 7.58.